The minimum atomic E-state index is -0.456. The maximum Gasteiger partial charge on any atom is 0.258 e. The molecule has 0 saturated carbocycles. The Labute approximate surface area is 158 Å². The fourth-order valence-corrected chi connectivity index (χ4v) is 2.86. The Balaban J connectivity index is 1.76. The molecule has 2 aromatic carbocycles. The molecule has 1 aliphatic heterocycles. The number of carbonyl (C=O) groups is 1. The van der Waals surface area contributed by atoms with Gasteiger partial charge in [-0.25, -0.2) is 9.38 Å². The van der Waals surface area contributed by atoms with E-state index in [1.54, 1.807) is 6.07 Å². The Morgan fingerprint density at radius 1 is 1.22 bits per heavy atom. The van der Waals surface area contributed by atoms with Crippen LogP contribution in [-0.4, -0.2) is 31.1 Å². The smallest absolute Gasteiger partial charge is 0.258 e. The van der Waals surface area contributed by atoms with Gasteiger partial charge in [-0.3, -0.25) is 10.1 Å². The number of aliphatic imine (C=N–C) groups is 1. The lowest BCUT2D eigenvalue weighted by Gasteiger charge is -2.14. The van der Waals surface area contributed by atoms with E-state index < -0.39 is 11.7 Å². The SMILES string of the molecule is Cc1ccc(NC(=NC[C@@H]2CCCO2)NC(=O)c2cccc(F)c2)cc1C. The van der Waals surface area contributed by atoms with Crippen LogP contribution < -0.4 is 10.6 Å². The van der Waals surface area contributed by atoms with Crippen LogP contribution in [0.5, 0.6) is 0 Å². The number of nitrogens with one attached hydrogen (secondary N) is 2. The number of ether oxygens (including phenoxy) is 1. The highest BCUT2D eigenvalue weighted by Crippen LogP contribution is 2.15. The van der Waals surface area contributed by atoms with Crippen molar-refractivity contribution in [3.8, 4) is 0 Å². The molecule has 142 valence electrons. The van der Waals surface area contributed by atoms with Crippen molar-refractivity contribution in [1.29, 1.82) is 0 Å². The minimum absolute atomic E-state index is 0.0626. The lowest BCUT2D eigenvalue weighted by molar-refractivity contribution is 0.0975. The molecule has 1 heterocycles. The molecule has 0 spiro atoms. The Morgan fingerprint density at radius 3 is 2.78 bits per heavy atom. The molecule has 0 unspecified atom stereocenters. The van der Waals surface area contributed by atoms with Gasteiger partial charge in [-0.15, -0.1) is 0 Å². The summed E-state index contributed by atoms with van der Waals surface area (Å²) in [7, 11) is 0. The number of hydrogen-bond donors (Lipinski definition) is 2. The normalized spacial score (nSPS) is 17.0. The van der Waals surface area contributed by atoms with Crippen LogP contribution in [0.15, 0.2) is 47.5 Å². The number of rotatable bonds is 4. The summed E-state index contributed by atoms with van der Waals surface area (Å²) in [4.78, 5) is 17.0. The Morgan fingerprint density at radius 2 is 2.07 bits per heavy atom. The van der Waals surface area contributed by atoms with Crippen LogP contribution in [0.25, 0.3) is 0 Å². The first-order valence-electron chi connectivity index (χ1n) is 9.08. The second kappa shape index (κ2) is 8.77. The number of carbonyl (C=O) groups excluding carboxylic acids is 1. The van der Waals surface area contributed by atoms with Gasteiger partial charge in [-0.2, -0.15) is 0 Å². The molecule has 1 amide bonds. The predicted octanol–water partition coefficient (Wildman–Crippen LogP) is 3.82. The average Bonchev–Trinajstić information content (AvgIpc) is 3.16. The molecule has 6 heteroatoms. The molecule has 0 aromatic heterocycles. The molecule has 2 N–H and O–H groups in total. The van der Waals surface area contributed by atoms with Gasteiger partial charge in [0.2, 0.25) is 5.96 Å². The van der Waals surface area contributed by atoms with Crippen molar-refractivity contribution < 1.29 is 13.9 Å². The fraction of sp³-hybridized carbons (Fsp3) is 0.333. The minimum Gasteiger partial charge on any atom is -0.376 e. The van der Waals surface area contributed by atoms with Crippen molar-refractivity contribution in [2.75, 3.05) is 18.5 Å². The lowest BCUT2D eigenvalue weighted by Crippen LogP contribution is -2.36. The summed E-state index contributed by atoms with van der Waals surface area (Å²) in [5, 5.41) is 5.90. The molecule has 1 atom stereocenters. The summed E-state index contributed by atoms with van der Waals surface area (Å²) >= 11 is 0. The van der Waals surface area contributed by atoms with Crippen molar-refractivity contribution in [2.24, 2.45) is 4.99 Å². The molecule has 1 fully saturated rings. The van der Waals surface area contributed by atoms with Crippen LogP contribution in [0.1, 0.15) is 34.3 Å². The van der Waals surface area contributed by atoms with Gasteiger partial charge in [0.25, 0.3) is 5.91 Å². The molecule has 0 radical (unpaired) electrons. The monoisotopic (exact) mass is 369 g/mol. The molecular weight excluding hydrogens is 345 g/mol. The summed E-state index contributed by atoms with van der Waals surface area (Å²) in [6.45, 7) is 5.26. The molecule has 2 aromatic rings. The highest BCUT2D eigenvalue weighted by molar-refractivity contribution is 6.10. The van der Waals surface area contributed by atoms with Gasteiger partial charge in [-0.1, -0.05) is 12.1 Å². The largest absolute Gasteiger partial charge is 0.376 e. The van der Waals surface area contributed by atoms with Crippen LogP contribution in [-0.2, 0) is 4.74 Å². The van der Waals surface area contributed by atoms with Gasteiger partial charge < -0.3 is 10.1 Å². The topological polar surface area (TPSA) is 62.7 Å². The number of amides is 1. The lowest BCUT2D eigenvalue weighted by atomic mass is 10.1. The van der Waals surface area contributed by atoms with Crippen LogP contribution in [0, 0.1) is 19.7 Å². The van der Waals surface area contributed by atoms with Crippen molar-refractivity contribution in [1.82, 2.24) is 5.32 Å². The third-order valence-electron chi connectivity index (χ3n) is 4.57. The Hall–Kier alpha value is -2.73. The molecular formula is C21H24FN3O2. The van der Waals surface area contributed by atoms with E-state index >= 15 is 0 Å². The summed E-state index contributed by atoms with van der Waals surface area (Å²) in [6, 6.07) is 11.5. The first-order chi connectivity index (χ1) is 13.0. The van der Waals surface area contributed by atoms with Crippen molar-refractivity contribution in [3.05, 3.63) is 65.0 Å². The number of nitrogens with zero attached hydrogens (tertiary/aromatic N) is 1. The number of halogens is 1. The summed E-state index contributed by atoms with van der Waals surface area (Å²) in [6.07, 6.45) is 2.04. The maximum absolute atomic E-state index is 13.4. The zero-order chi connectivity index (χ0) is 19.2. The van der Waals surface area contributed by atoms with Crippen LogP contribution in [0.2, 0.25) is 0 Å². The van der Waals surface area contributed by atoms with E-state index in [1.165, 1.54) is 23.8 Å². The molecule has 1 saturated heterocycles. The maximum atomic E-state index is 13.4. The van der Waals surface area contributed by atoms with Gasteiger partial charge >= 0.3 is 0 Å². The van der Waals surface area contributed by atoms with E-state index in [0.29, 0.717) is 12.5 Å². The van der Waals surface area contributed by atoms with Gasteiger partial charge in [0.15, 0.2) is 0 Å². The third-order valence-corrected chi connectivity index (χ3v) is 4.57. The molecule has 5 nitrogen and oxygen atoms in total. The third kappa shape index (κ3) is 5.37. The number of aryl methyl sites for hydroxylation is 2. The second-order valence-corrected chi connectivity index (χ2v) is 6.71. The Bertz CT molecular complexity index is 845. The van der Waals surface area contributed by atoms with Gasteiger partial charge in [0.1, 0.15) is 5.82 Å². The second-order valence-electron chi connectivity index (χ2n) is 6.71. The van der Waals surface area contributed by atoms with Crippen molar-refractivity contribution in [2.45, 2.75) is 32.8 Å². The zero-order valence-corrected chi connectivity index (χ0v) is 15.6. The zero-order valence-electron chi connectivity index (χ0n) is 15.6. The number of benzene rings is 2. The first-order valence-corrected chi connectivity index (χ1v) is 9.08. The van der Waals surface area contributed by atoms with E-state index in [4.69, 9.17) is 4.74 Å². The first kappa shape index (κ1) is 19.0. The summed E-state index contributed by atoms with van der Waals surface area (Å²) in [5.41, 5.74) is 3.38. The predicted molar refractivity (Wildman–Crippen MR) is 105 cm³/mol. The van der Waals surface area contributed by atoms with E-state index in [1.807, 2.05) is 32.0 Å². The van der Waals surface area contributed by atoms with Crippen LogP contribution in [0.3, 0.4) is 0 Å². The molecule has 27 heavy (non-hydrogen) atoms. The summed E-state index contributed by atoms with van der Waals surface area (Å²) < 4.78 is 19.0. The quantitative estimate of drug-likeness (QED) is 0.636. The van der Waals surface area contributed by atoms with E-state index in [9.17, 15) is 9.18 Å². The van der Waals surface area contributed by atoms with Gasteiger partial charge in [0, 0.05) is 17.9 Å². The number of anilines is 1. The standard InChI is InChI=1S/C21H24FN3O2/c1-14-8-9-18(11-15(14)2)24-21(23-13-19-7-4-10-27-19)25-20(26)16-5-3-6-17(22)12-16/h3,5-6,8-9,11-12,19H,4,7,10,13H2,1-2H3,(H2,23,24,25,26)/t19-/m0/s1. The highest BCUT2D eigenvalue weighted by Gasteiger charge is 2.16. The van der Waals surface area contributed by atoms with E-state index in [-0.39, 0.29) is 11.7 Å². The van der Waals surface area contributed by atoms with Crippen molar-refractivity contribution >= 4 is 17.6 Å². The van der Waals surface area contributed by atoms with Gasteiger partial charge in [-0.05, 0) is 68.1 Å². The van der Waals surface area contributed by atoms with Crippen LogP contribution in [0.4, 0.5) is 10.1 Å². The molecule has 1 aliphatic rings. The Kier molecular flexibility index (Phi) is 6.19. The van der Waals surface area contributed by atoms with Crippen molar-refractivity contribution in [3.63, 3.8) is 0 Å². The highest BCUT2D eigenvalue weighted by atomic mass is 19.1. The van der Waals surface area contributed by atoms with E-state index in [0.717, 1.165) is 30.7 Å². The number of hydrogen-bond acceptors (Lipinski definition) is 3. The van der Waals surface area contributed by atoms with Gasteiger partial charge in [0.05, 0.1) is 12.6 Å². The molecule has 3 rings (SSSR count). The molecule has 0 aliphatic carbocycles. The number of guanidine groups is 1. The van der Waals surface area contributed by atoms with E-state index in [2.05, 4.69) is 15.6 Å². The molecule has 0 bridgehead atoms. The van der Waals surface area contributed by atoms with Crippen LogP contribution >= 0.6 is 0 Å². The fourth-order valence-electron chi connectivity index (χ4n) is 2.86. The summed E-state index contributed by atoms with van der Waals surface area (Å²) in [5.74, 6) is -0.553. The average molecular weight is 369 g/mol.